The SMILES string of the molecule is COc1ccc(S(=O)(=O)N(C)Cc2ccc(C(=O)N[C@@H](C)c3ccccc3)cc2)cc1. The second-order valence-corrected chi connectivity index (χ2v) is 9.28. The fourth-order valence-corrected chi connectivity index (χ4v) is 4.30. The molecule has 0 fully saturated rings. The Bertz CT molecular complexity index is 1110. The summed E-state index contributed by atoms with van der Waals surface area (Å²) in [6.07, 6.45) is 0. The molecule has 0 aliphatic carbocycles. The molecule has 0 aliphatic rings. The van der Waals surface area contributed by atoms with Crippen LogP contribution in [0.1, 0.15) is 34.5 Å². The highest BCUT2D eigenvalue weighted by Gasteiger charge is 2.21. The Morgan fingerprint density at radius 2 is 1.58 bits per heavy atom. The minimum Gasteiger partial charge on any atom is -0.497 e. The van der Waals surface area contributed by atoms with Crippen LogP contribution in [0.2, 0.25) is 0 Å². The molecule has 0 aliphatic heterocycles. The number of hydrogen-bond acceptors (Lipinski definition) is 4. The standard InChI is InChI=1S/C24H26N2O4S/c1-18(20-7-5-4-6-8-20)25-24(27)21-11-9-19(10-12-21)17-26(2)31(28,29)23-15-13-22(30-3)14-16-23/h4-16,18H,17H2,1-3H3,(H,25,27)/t18-/m0/s1. The molecule has 6 nitrogen and oxygen atoms in total. The molecule has 0 aromatic heterocycles. The summed E-state index contributed by atoms with van der Waals surface area (Å²) < 4.78 is 31.9. The first-order valence-electron chi connectivity index (χ1n) is 9.86. The number of nitrogens with zero attached hydrogens (tertiary/aromatic N) is 1. The van der Waals surface area contributed by atoms with Gasteiger partial charge in [0.05, 0.1) is 18.0 Å². The number of rotatable bonds is 8. The maximum atomic E-state index is 12.8. The van der Waals surface area contributed by atoms with Crippen molar-refractivity contribution in [2.75, 3.05) is 14.2 Å². The molecule has 162 valence electrons. The van der Waals surface area contributed by atoms with Crippen LogP contribution < -0.4 is 10.1 Å². The average Bonchev–Trinajstić information content (AvgIpc) is 2.80. The highest BCUT2D eigenvalue weighted by atomic mass is 32.2. The van der Waals surface area contributed by atoms with Crippen LogP contribution in [0.4, 0.5) is 0 Å². The van der Waals surface area contributed by atoms with Crippen LogP contribution in [-0.4, -0.2) is 32.8 Å². The zero-order valence-corrected chi connectivity index (χ0v) is 18.6. The predicted octanol–water partition coefficient (Wildman–Crippen LogP) is 4.01. The molecule has 0 saturated heterocycles. The molecule has 0 radical (unpaired) electrons. The van der Waals surface area contributed by atoms with Gasteiger partial charge < -0.3 is 10.1 Å². The van der Waals surface area contributed by atoms with Gasteiger partial charge in [0.1, 0.15) is 5.75 Å². The van der Waals surface area contributed by atoms with E-state index >= 15 is 0 Å². The Kier molecular flexibility index (Phi) is 7.09. The number of amides is 1. The molecule has 7 heteroatoms. The third-order valence-corrected chi connectivity index (χ3v) is 6.85. The number of sulfonamides is 1. The molecule has 1 atom stereocenters. The third kappa shape index (κ3) is 5.51. The highest BCUT2D eigenvalue weighted by molar-refractivity contribution is 7.89. The first-order chi connectivity index (χ1) is 14.8. The van der Waals surface area contributed by atoms with E-state index in [4.69, 9.17) is 4.74 Å². The van der Waals surface area contributed by atoms with Gasteiger partial charge in [0.25, 0.3) is 5.91 Å². The summed E-state index contributed by atoms with van der Waals surface area (Å²) >= 11 is 0. The molecule has 1 amide bonds. The number of benzene rings is 3. The summed E-state index contributed by atoms with van der Waals surface area (Å²) in [6.45, 7) is 2.12. The van der Waals surface area contributed by atoms with Gasteiger partial charge in [-0.2, -0.15) is 4.31 Å². The van der Waals surface area contributed by atoms with Crippen molar-refractivity contribution < 1.29 is 17.9 Å². The van der Waals surface area contributed by atoms with E-state index in [-0.39, 0.29) is 23.4 Å². The summed E-state index contributed by atoms with van der Waals surface area (Å²) in [5.74, 6) is 0.416. The third-order valence-electron chi connectivity index (χ3n) is 5.04. The summed E-state index contributed by atoms with van der Waals surface area (Å²) in [5.41, 5.74) is 2.33. The molecule has 0 heterocycles. The van der Waals surface area contributed by atoms with Crippen molar-refractivity contribution in [2.24, 2.45) is 0 Å². The van der Waals surface area contributed by atoms with Crippen LogP contribution >= 0.6 is 0 Å². The van der Waals surface area contributed by atoms with Gasteiger partial charge in [0.15, 0.2) is 0 Å². The number of ether oxygens (including phenoxy) is 1. The summed E-state index contributed by atoms with van der Waals surface area (Å²) in [6, 6.07) is 22.8. The monoisotopic (exact) mass is 438 g/mol. The molecule has 0 unspecified atom stereocenters. The number of hydrogen-bond donors (Lipinski definition) is 1. The lowest BCUT2D eigenvalue weighted by Crippen LogP contribution is -2.27. The van der Waals surface area contributed by atoms with Crippen LogP contribution in [0.25, 0.3) is 0 Å². The van der Waals surface area contributed by atoms with E-state index in [9.17, 15) is 13.2 Å². The van der Waals surface area contributed by atoms with Gasteiger partial charge in [-0.3, -0.25) is 4.79 Å². The minimum absolute atomic E-state index is 0.117. The summed E-state index contributed by atoms with van der Waals surface area (Å²) in [4.78, 5) is 12.7. The topological polar surface area (TPSA) is 75.7 Å². The van der Waals surface area contributed by atoms with E-state index in [0.717, 1.165) is 11.1 Å². The number of carbonyl (C=O) groups excluding carboxylic acids is 1. The van der Waals surface area contributed by atoms with Crippen LogP contribution in [0.15, 0.2) is 83.8 Å². The quantitative estimate of drug-likeness (QED) is 0.577. The fraction of sp³-hybridized carbons (Fsp3) is 0.208. The second kappa shape index (κ2) is 9.76. The second-order valence-electron chi connectivity index (χ2n) is 7.24. The van der Waals surface area contributed by atoms with Crippen LogP contribution in [0.5, 0.6) is 5.75 Å². The van der Waals surface area contributed by atoms with Crippen LogP contribution in [0.3, 0.4) is 0 Å². The normalized spacial score (nSPS) is 12.4. The Morgan fingerprint density at radius 1 is 0.968 bits per heavy atom. The molecule has 31 heavy (non-hydrogen) atoms. The van der Waals surface area contributed by atoms with E-state index in [1.807, 2.05) is 37.3 Å². The van der Waals surface area contributed by atoms with Crippen molar-refractivity contribution in [2.45, 2.75) is 24.4 Å². The lowest BCUT2D eigenvalue weighted by atomic mass is 10.1. The summed E-state index contributed by atoms with van der Waals surface area (Å²) in [5, 5.41) is 2.97. The van der Waals surface area contributed by atoms with Gasteiger partial charge in [0.2, 0.25) is 10.0 Å². The average molecular weight is 439 g/mol. The first-order valence-corrected chi connectivity index (χ1v) is 11.3. The molecule has 0 bridgehead atoms. The molecule has 1 N–H and O–H groups in total. The van der Waals surface area contributed by atoms with Crippen molar-refractivity contribution in [3.63, 3.8) is 0 Å². The maximum absolute atomic E-state index is 12.8. The number of carbonyl (C=O) groups is 1. The molecular formula is C24H26N2O4S. The van der Waals surface area contributed by atoms with Crippen molar-refractivity contribution in [3.05, 3.63) is 95.6 Å². The fourth-order valence-electron chi connectivity index (χ4n) is 3.14. The van der Waals surface area contributed by atoms with Crippen LogP contribution in [0, 0.1) is 0 Å². The van der Waals surface area contributed by atoms with Gasteiger partial charge in [0, 0.05) is 19.2 Å². The van der Waals surface area contributed by atoms with Gasteiger partial charge in [-0.1, -0.05) is 42.5 Å². The van der Waals surface area contributed by atoms with Crippen molar-refractivity contribution in [1.82, 2.24) is 9.62 Å². The van der Waals surface area contributed by atoms with E-state index in [1.165, 1.54) is 30.6 Å². The predicted molar refractivity (Wildman–Crippen MR) is 120 cm³/mol. The molecule has 3 aromatic rings. The largest absolute Gasteiger partial charge is 0.497 e. The molecule has 3 rings (SSSR count). The van der Waals surface area contributed by atoms with Crippen molar-refractivity contribution in [3.8, 4) is 5.75 Å². The van der Waals surface area contributed by atoms with E-state index in [1.54, 1.807) is 36.4 Å². The van der Waals surface area contributed by atoms with Gasteiger partial charge in [-0.15, -0.1) is 0 Å². The molecular weight excluding hydrogens is 412 g/mol. The van der Waals surface area contributed by atoms with Crippen molar-refractivity contribution in [1.29, 1.82) is 0 Å². The summed E-state index contributed by atoms with van der Waals surface area (Å²) in [7, 11) is -0.578. The van der Waals surface area contributed by atoms with E-state index in [0.29, 0.717) is 11.3 Å². The Morgan fingerprint density at radius 3 is 2.16 bits per heavy atom. The number of nitrogens with one attached hydrogen (secondary N) is 1. The van der Waals surface area contributed by atoms with Gasteiger partial charge in [-0.05, 0) is 54.4 Å². The molecule has 3 aromatic carbocycles. The molecule has 0 saturated carbocycles. The Balaban J connectivity index is 1.64. The van der Waals surface area contributed by atoms with E-state index < -0.39 is 10.0 Å². The van der Waals surface area contributed by atoms with Crippen molar-refractivity contribution >= 4 is 15.9 Å². The van der Waals surface area contributed by atoms with Gasteiger partial charge >= 0.3 is 0 Å². The smallest absolute Gasteiger partial charge is 0.251 e. The minimum atomic E-state index is -3.64. The molecule has 0 spiro atoms. The maximum Gasteiger partial charge on any atom is 0.251 e. The first kappa shape index (κ1) is 22.5. The Labute approximate surface area is 183 Å². The lowest BCUT2D eigenvalue weighted by Gasteiger charge is -2.18. The highest BCUT2D eigenvalue weighted by Crippen LogP contribution is 2.20. The van der Waals surface area contributed by atoms with E-state index in [2.05, 4.69) is 5.32 Å². The Hall–Kier alpha value is -3.16. The van der Waals surface area contributed by atoms with Gasteiger partial charge in [-0.25, -0.2) is 8.42 Å². The zero-order chi connectivity index (χ0) is 22.4. The van der Waals surface area contributed by atoms with Crippen LogP contribution in [-0.2, 0) is 16.6 Å². The zero-order valence-electron chi connectivity index (χ0n) is 17.8. The number of methoxy groups -OCH3 is 1. The lowest BCUT2D eigenvalue weighted by molar-refractivity contribution is 0.0940.